The smallest absolute Gasteiger partial charge is 0.239 e. The summed E-state index contributed by atoms with van der Waals surface area (Å²) in [6.07, 6.45) is 3.89. The molecule has 7 heteroatoms. The van der Waals surface area contributed by atoms with Crippen molar-refractivity contribution in [3.63, 3.8) is 0 Å². The van der Waals surface area contributed by atoms with Crippen LogP contribution in [0.25, 0.3) is 0 Å². The first kappa shape index (κ1) is 20.7. The van der Waals surface area contributed by atoms with Gasteiger partial charge in [0.1, 0.15) is 0 Å². The normalized spacial score (nSPS) is 15.9. The van der Waals surface area contributed by atoms with Crippen molar-refractivity contribution in [3.05, 3.63) is 35.9 Å². The zero-order chi connectivity index (χ0) is 19.7. The third kappa shape index (κ3) is 5.98. The van der Waals surface area contributed by atoms with Gasteiger partial charge in [0.25, 0.3) is 0 Å². The van der Waals surface area contributed by atoms with E-state index < -0.39 is 0 Å². The van der Waals surface area contributed by atoms with Crippen LogP contribution in [-0.2, 0) is 16.1 Å². The van der Waals surface area contributed by atoms with Crippen LogP contribution in [0.15, 0.2) is 35.3 Å². The Labute approximate surface area is 161 Å². The Balaban J connectivity index is 1.79. The van der Waals surface area contributed by atoms with Crippen molar-refractivity contribution < 1.29 is 9.59 Å². The fraction of sp³-hybridized carbons (Fsp3) is 0.550. The van der Waals surface area contributed by atoms with Crippen molar-refractivity contribution in [2.75, 3.05) is 34.2 Å². The molecule has 2 rings (SSSR count). The van der Waals surface area contributed by atoms with Gasteiger partial charge in [-0.05, 0) is 18.4 Å². The summed E-state index contributed by atoms with van der Waals surface area (Å²) in [7, 11) is 5.26. The number of nitrogens with one attached hydrogen (secondary N) is 3. The van der Waals surface area contributed by atoms with Crippen molar-refractivity contribution in [1.82, 2.24) is 20.9 Å². The van der Waals surface area contributed by atoms with E-state index in [2.05, 4.69) is 20.9 Å². The molecule has 0 radical (unpaired) electrons. The largest absolute Gasteiger partial charge is 0.355 e. The number of hydrogen-bond donors (Lipinski definition) is 3. The van der Waals surface area contributed by atoms with Gasteiger partial charge in [0.05, 0.1) is 12.0 Å². The summed E-state index contributed by atoms with van der Waals surface area (Å²) in [6, 6.07) is 9.77. The third-order valence-electron chi connectivity index (χ3n) is 4.99. The molecule has 1 aromatic carbocycles. The monoisotopic (exact) mass is 373 g/mol. The van der Waals surface area contributed by atoms with Crippen LogP contribution in [0.5, 0.6) is 0 Å². The van der Waals surface area contributed by atoms with Gasteiger partial charge in [-0.2, -0.15) is 0 Å². The minimum atomic E-state index is -0.378. The lowest BCUT2D eigenvalue weighted by Crippen LogP contribution is -2.50. The number of benzene rings is 1. The molecule has 0 bridgehead atoms. The van der Waals surface area contributed by atoms with E-state index in [0.29, 0.717) is 19.0 Å². The molecule has 0 heterocycles. The molecule has 1 saturated carbocycles. The lowest BCUT2D eigenvalue weighted by molar-refractivity contribution is -0.138. The van der Waals surface area contributed by atoms with Crippen LogP contribution in [0, 0.1) is 5.41 Å². The summed E-state index contributed by atoms with van der Waals surface area (Å²) in [6.45, 7) is 1.14. The highest BCUT2D eigenvalue weighted by Crippen LogP contribution is 2.38. The molecule has 27 heavy (non-hydrogen) atoms. The van der Waals surface area contributed by atoms with E-state index in [1.54, 1.807) is 26.0 Å². The van der Waals surface area contributed by atoms with Gasteiger partial charge in [0.15, 0.2) is 5.96 Å². The topological polar surface area (TPSA) is 85.8 Å². The van der Waals surface area contributed by atoms with Crippen LogP contribution in [0.2, 0.25) is 0 Å². The Morgan fingerprint density at radius 1 is 1.07 bits per heavy atom. The van der Waals surface area contributed by atoms with Crippen LogP contribution in [-0.4, -0.2) is 56.9 Å². The van der Waals surface area contributed by atoms with E-state index in [0.717, 1.165) is 31.2 Å². The number of nitrogens with zero attached hydrogens (tertiary/aromatic N) is 2. The molecule has 1 aromatic rings. The van der Waals surface area contributed by atoms with E-state index in [1.165, 1.54) is 0 Å². The first-order valence-corrected chi connectivity index (χ1v) is 9.44. The maximum atomic E-state index is 12.6. The minimum Gasteiger partial charge on any atom is -0.355 e. The van der Waals surface area contributed by atoms with Crippen molar-refractivity contribution >= 4 is 17.8 Å². The van der Waals surface area contributed by atoms with E-state index >= 15 is 0 Å². The molecule has 0 aromatic heterocycles. The Morgan fingerprint density at radius 2 is 1.74 bits per heavy atom. The Hall–Kier alpha value is -2.57. The standard InChI is InChI=1S/C20H31N5O2/c1-21-19(23-14-17(26)22-13-16-9-5-4-6-10-16)24-15-20(11-7-8-12-20)18(27)25(2)3/h4-6,9-10H,7-8,11-15H2,1-3H3,(H,22,26)(H2,21,23,24). The summed E-state index contributed by atoms with van der Waals surface area (Å²) >= 11 is 0. The molecule has 1 aliphatic rings. The van der Waals surface area contributed by atoms with Gasteiger partial charge in [0, 0.05) is 34.2 Å². The molecular weight excluding hydrogens is 342 g/mol. The first-order valence-electron chi connectivity index (χ1n) is 9.44. The molecule has 0 spiro atoms. The molecule has 1 fully saturated rings. The maximum absolute atomic E-state index is 12.6. The van der Waals surface area contributed by atoms with Gasteiger partial charge in [-0.15, -0.1) is 0 Å². The van der Waals surface area contributed by atoms with Crippen molar-refractivity contribution in [1.29, 1.82) is 0 Å². The van der Waals surface area contributed by atoms with Crippen molar-refractivity contribution in [3.8, 4) is 0 Å². The van der Waals surface area contributed by atoms with E-state index in [-0.39, 0.29) is 23.8 Å². The number of guanidine groups is 1. The fourth-order valence-electron chi connectivity index (χ4n) is 3.49. The van der Waals surface area contributed by atoms with Crippen LogP contribution in [0.1, 0.15) is 31.2 Å². The van der Waals surface area contributed by atoms with E-state index in [1.807, 2.05) is 30.3 Å². The molecule has 2 amide bonds. The zero-order valence-corrected chi connectivity index (χ0v) is 16.5. The predicted molar refractivity (Wildman–Crippen MR) is 107 cm³/mol. The number of amides is 2. The highest BCUT2D eigenvalue weighted by Gasteiger charge is 2.42. The number of rotatable bonds is 7. The lowest BCUT2D eigenvalue weighted by Gasteiger charge is -2.31. The third-order valence-corrected chi connectivity index (χ3v) is 4.99. The molecule has 0 saturated heterocycles. The van der Waals surface area contributed by atoms with Crippen molar-refractivity contribution in [2.24, 2.45) is 10.4 Å². The Bertz CT molecular complexity index is 652. The number of carbonyl (C=O) groups excluding carboxylic acids is 2. The van der Waals surface area contributed by atoms with Gasteiger partial charge in [-0.3, -0.25) is 14.6 Å². The molecule has 7 nitrogen and oxygen atoms in total. The molecule has 3 N–H and O–H groups in total. The molecule has 0 unspecified atom stereocenters. The summed E-state index contributed by atoms with van der Waals surface area (Å²) in [5, 5.41) is 9.12. The average Bonchev–Trinajstić information content (AvgIpc) is 3.16. The number of aliphatic imine (C=N–C) groups is 1. The Morgan fingerprint density at radius 3 is 2.33 bits per heavy atom. The highest BCUT2D eigenvalue weighted by atomic mass is 16.2. The number of carbonyl (C=O) groups is 2. The first-order chi connectivity index (χ1) is 13.0. The average molecular weight is 374 g/mol. The molecule has 1 aliphatic carbocycles. The summed E-state index contributed by atoms with van der Waals surface area (Å²) < 4.78 is 0. The van der Waals surface area contributed by atoms with Gasteiger partial charge in [-0.25, -0.2) is 0 Å². The van der Waals surface area contributed by atoms with Gasteiger partial charge >= 0.3 is 0 Å². The zero-order valence-electron chi connectivity index (χ0n) is 16.5. The fourth-order valence-corrected chi connectivity index (χ4v) is 3.49. The van der Waals surface area contributed by atoms with E-state index in [4.69, 9.17) is 0 Å². The quantitative estimate of drug-likeness (QED) is 0.494. The van der Waals surface area contributed by atoms with Crippen LogP contribution in [0.3, 0.4) is 0 Å². The maximum Gasteiger partial charge on any atom is 0.239 e. The highest BCUT2D eigenvalue weighted by molar-refractivity contribution is 5.87. The summed E-state index contributed by atoms with van der Waals surface area (Å²) in [4.78, 5) is 30.5. The summed E-state index contributed by atoms with van der Waals surface area (Å²) in [5.41, 5.74) is 0.676. The Kier molecular flexibility index (Phi) is 7.64. The molecule has 148 valence electrons. The number of hydrogen-bond acceptors (Lipinski definition) is 3. The molecule has 0 atom stereocenters. The van der Waals surface area contributed by atoms with Crippen LogP contribution >= 0.6 is 0 Å². The van der Waals surface area contributed by atoms with Gasteiger partial charge < -0.3 is 20.9 Å². The van der Waals surface area contributed by atoms with Crippen molar-refractivity contribution in [2.45, 2.75) is 32.2 Å². The summed E-state index contributed by atoms with van der Waals surface area (Å²) in [5.74, 6) is 0.577. The van der Waals surface area contributed by atoms with Gasteiger partial charge in [0.2, 0.25) is 11.8 Å². The second-order valence-electron chi connectivity index (χ2n) is 7.23. The SMILES string of the molecule is CN=C(NCC(=O)NCc1ccccc1)NCC1(C(=O)N(C)C)CCCC1. The van der Waals surface area contributed by atoms with Crippen LogP contribution < -0.4 is 16.0 Å². The minimum absolute atomic E-state index is 0.109. The lowest BCUT2D eigenvalue weighted by atomic mass is 9.84. The second kappa shape index (κ2) is 9.94. The van der Waals surface area contributed by atoms with Gasteiger partial charge in [-0.1, -0.05) is 43.2 Å². The second-order valence-corrected chi connectivity index (χ2v) is 7.23. The predicted octanol–water partition coefficient (Wildman–Crippen LogP) is 1.12. The molecule has 0 aliphatic heterocycles. The van der Waals surface area contributed by atoms with Crippen LogP contribution in [0.4, 0.5) is 0 Å². The van der Waals surface area contributed by atoms with E-state index in [9.17, 15) is 9.59 Å². The molecular formula is C20H31N5O2.